The fourth-order valence-corrected chi connectivity index (χ4v) is 9.83. The SMILES string of the molecule is CCCCCCC/C=C\C/C=C\CCCCCCCCCCCCCCCCCC(=O)OCC(COC(=O)CCCCCCCCCCCCCC)OC(=O)CCCCCCCCCCCCCCCCC. The second-order valence-electron chi connectivity index (χ2n) is 22.0. The lowest BCUT2D eigenvalue weighted by Gasteiger charge is -2.18. The summed E-state index contributed by atoms with van der Waals surface area (Å²) in [4.78, 5) is 38.2. The molecule has 6 nitrogen and oxygen atoms in total. The van der Waals surface area contributed by atoms with Crippen LogP contribution in [0.3, 0.4) is 0 Å². The molecule has 72 heavy (non-hydrogen) atoms. The molecule has 0 fully saturated rings. The van der Waals surface area contributed by atoms with Crippen LogP contribution < -0.4 is 0 Å². The molecule has 0 aliphatic heterocycles. The maximum absolute atomic E-state index is 12.9. The van der Waals surface area contributed by atoms with Gasteiger partial charge in [0, 0.05) is 19.3 Å². The minimum absolute atomic E-state index is 0.0642. The molecule has 0 aliphatic rings. The van der Waals surface area contributed by atoms with Gasteiger partial charge in [-0.05, 0) is 51.4 Å². The molecule has 0 aromatic rings. The minimum atomic E-state index is -0.765. The van der Waals surface area contributed by atoms with Gasteiger partial charge in [0.15, 0.2) is 6.10 Å². The quantitative estimate of drug-likeness (QED) is 0.0261. The highest BCUT2D eigenvalue weighted by Crippen LogP contribution is 2.18. The molecule has 0 amide bonds. The molecule has 0 heterocycles. The first-order valence-corrected chi connectivity index (χ1v) is 32.3. The van der Waals surface area contributed by atoms with E-state index in [9.17, 15) is 14.4 Å². The molecule has 0 saturated heterocycles. The lowest BCUT2D eigenvalue weighted by atomic mass is 10.0. The standard InChI is InChI=1S/C66H124O6/c1-4-7-10-13-16-19-22-25-27-28-29-30-31-32-33-34-35-36-37-38-40-41-44-47-50-53-56-59-65(68)71-62-63(61-70-64(67)58-55-52-49-46-43-24-21-18-15-12-9-6-3)72-66(69)60-57-54-51-48-45-42-39-26-23-20-17-14-11-8-5-2/h22,25,28-29,63H,4-21,23-24,26-27,30-62H2,1-3H3/b25-22-,29-28-. The topological polar surface area (TPSA) is 78.9 Å². The van der Waals surface area contributed by atoms with Gasteiger partial charge in [-0.15, -0.1) is 0 Å². The van der Waals surface area contributed by atoms with Crippen LogP contribution in [-0.2, 0) is 28.6 Å². The smallest absolute Gasteiger partial charge is 0.306 e. The van der Waals surface area contributed by atoms with Crippen molar-refractivity contribution in [1.82, 2.24) is 0 Å². The Morgan fingerprint density at radius 2 is 0.500 bits per heavy atom. The van der Waals surface area contributed by atoms with Crippen molar-refractivity contribution in [3.8, 4) is 0 Å². The summed E-state index contributed by atoms with van der Waals surface area (Å²) in [6.45, 7) is 6.69. The van der Waals surface area contributed by atoms with Crippen molar-refractivity contribution in [1.29, 1.82) is 0 Å². The number of hydrogen-bond donors (Lipinski definition) is 0. The van der Waals surface area contributed by atoms with Gasteiger partial charge in [-0.1, -0.05) is 315 Å². The Morgan fingerprint density at radius 1 is 0.278 bits per heavy atom. The molecule has 6 heteroatoms. The Hall–Kier alpha value is -2.11. The van der Waals surface area contributed by atoms with E-state index in [4.69, 9.17) is 14.2 Å². The third kappa shape index (κ3) is 58.8. The predicted molar refractivity (Wildman–Crippen MR) is 312 cm³/mol. The van der Waals surface area contributed by atoms with Crippen molar-refractivity contribution in [3.05, 3.63) is 24.3 Å². The van der Waals surface area contributed by atoms with Crippen LogP contribution in [0.4, 0.5) is 0 Å². The zero-order valence-corrected chi connectivity index (χ0v) is 48.7. The Kier molecular flexibility index (Phi) is 59.6. The highest BCUT2D eigenvalue weighted by molar-refractivity contribution is 5.71. The van der Waals surface area contributed by atoms with Gasteiger partial charge in [-0.25, -0.2) is 0 Å². The molecule has 1 atom stereocenters. The Balaban J connectivity index is 4.16. The number of rotatable bonds is 60. The lowest BCUT2D eigenvalue weighted by molar-refractivity contribution is -0.167. The van der Waals surface area contributed by atoms with Gasteiger partial charge in [0.1, 0.15) is 13.2 Å². The minimum Gasteiger partial charge on any atom is -0.462 e. The van der Waals surface area contributed by atoms with Crippen LogP contribution in [0.15, 0.2) is 24.3 Å². The van der Waals surface area contributed by atoms with Crippen molar-refractivity contribution in [2.75, 3.05) is 13.2 Å². The maximum atomic E-state index is 12.9. The number of unbranched alkanes of at least 4 members (excludes halogenated alkanes) is 45. The zero-order valence-electron chi connectivity index (χ0n) is 48.7. The van der Waals surface area contributed by atoms with Crippen LogP contribution >= 0.6 is 0 Å². The summed E-state index contributed by atoms with van der Waals surface area (Å²) in [5.41, 5.74) is 0. The van der Waals surface area contributed by atoms with Crippen LogP contribution in [0.1, 0.15) is 361 Å². The maximum Gasteiger partial charge on any atom is 0.306 e. The van der Waals surface area contributed by atoms with E-state index in [1.54, 1.807) is 0 Å². The van der Waals surface area contributed by atoms with Crippen molar-refractivity contribution >= 4 is 17.9 Å². The largest absolute Gasteiger partial charge is 0.462 e. The van der Waals surface area contributed by atoms with E-state index in [0.29, 0.717) is 19.3 Å². The molecular weight excluding hydrogens is 889 g/mol. The first-order valence-electron chi connectivity index (χ1n) is 32.3. The van der Waals surface area contributed by atoms with Crippen LogP contribution in [0.25, 0.3) is 0 Å². The van der Waals surface area contributed by atoms with Gasteiger partial charge in [0.05, 0.1) is 0 Å². The third-order valence-corrected chi connectivity index (χ3v) is 14.7. The van der Waals surface area contributed by atoms with E-state index < -0.39 is 6.10 Å². The Bertz CT molecular complexity index is 1160. The van der Waals surface area contributed by atoms with E-state index >= 15 is 0 Å². The van der Waals surface area contributed by atoms with Crippen LogP contribution in [0, 0.1) is 0 Å². The first-order chi connectivity index (χ1) is 35.5. The van der Waals surface area contributed by atoms with Gasteiger partial charge in [-0.3, -0.25) is 14.4 Å². The lowest BCUT2D eigenvalue weighted by Crippen LogP contribution is -2.30. The van der Waals surface area contributed by atoms with Gasteiger partial charge >= 0.3 is 17.9 Å². The summed E-state index contributed by atoms with van der Waals surface area (Å²) < 4.78 is 16.9. The summed E-state index contributed by atoms with van der Waals surface area (Å²) in [5, 5.41) is 0. The molecule has 0 aromatic heterocycles. The molecule has 0 aromatic carbocycles. The van der Waals surface area contributed by atoms with E-state index in [2.05, 4.69) is 45.1 Å². The van der Waals surface area contributed by atoms with Gasteiger partial charge < -0.3 is 14.2 Å². The second-order valence-corrected chi connectivity index (χ2v) is 22.0. The number of esters is 3. The Morgan fingerprint density at radius 3 is 0.764 bits per heavy atom. The van der Waals surface area contributed by atoms with Crippen LogP contribution in [0.5, 0.6) is 0 Å². The first kappa shape index (κ1) is 69.9. The average molecular weight is 1010 g/mol. The van der Waals surface area contributed by atoms with Crippen molar-refractivity contribution in [2.45, 2.75) is 367 Å². The van der Waals surface area contributed by atoms with Gasteiger partial charge in [0.2, 0.25) is 0 Å². The Labute approximate surface area is 449 Å². The van der Waals surface area contributed by atoms with Crippen LogP contribution in [-0.4, -0.2) is 37.2 Å². The third-order valence-electron chi connectivity index (χ3n) is 14.7. The fourth-order valence-electron chi connectivity index (χ4n) is 9.83. The molecule has 1 unspecified atom stereocenters. The van der Waals surface area contributed by atoms with Crippen molar-refractivity contribution in [3.63, 3.8) is 0 Å². The second kappa shape index (κ2) is 61.4. The monoisotopic (exact) mass is 1010 g/mol. The van der Waals surface area contributed by atoms with Gasteiger partial charge in [-0.2, -0.15) is 0 Å². The van der Waals surface area contributed by atoms with Gasteiger partial charge in [0.25, 0.3) is 0 Å². The van der Waals surface area contributed by atoms with E-state index in [0.717, 1.165) is 64.2 Å². The van der Waals surface area contributed by atoms with E-state index in [1.807, 2.05) is 0 Å². The summed E-state index contributed by atoms with van der Waals surface area (Å²) in [5.74, 6) is -0.837. The molecule has 0 spiro atoms. The highest BCUT2D eigenvalue weighted by atomic mass is 16.6. The molecule has 0 aliphatic carbocycles. The summed E-state index contributed by atoms with van der Waals surface area (Å²) in [7, 11) is 0. The number of carbonyl (C=O) groups excluding carboxylic acids is 3. The normalized spacial score (nSPS) is 12.1. The summed E-state index contributed by atoms with van der Waals surface area (Å²) in [6, 6.07) is 0. The molecule has 0 bridgehead atoms. The van der Waals surface area contributed by atoms with Crippen molar-refractivity contribution in [2.24, 2.45) is 0 Å². The van der Waals surface area contributed by atoms with Crippen molar-refractivity contribution < 1.29 is 28.6 Å². The fraction of sp³-hybridized carbons (Fsp3) is 0.894. The number of allylic oxidation sites excluding steroid dienone is 4. The predicted octanol–water partition coefficient (Wildman–Crippen LogP) is 21.8. The number of hydrogen-bond acceptors (Lipinski definition) is 6. The molecule has 0 N–H and O–H groups in total. The zero-order chi connectivity index (χ0) is 52.2. The van der Waals surface area contributed by atoms with Crippen LogP contribution in [0.2, 0.25) is 0 Å². The number of ether oxygens (including phenoxy) is 3. The number of carbonyl (C=O) groups is 3. The highest BCUT2D eigenvalue weighted by Gasteiger charge is 2.19. The van der Waals surface area contributed by atoms with E-state index in [1.165, 1.54) is 257 Å². The summed E-state index contributed by atoms with van der Waals surface area (Å²) >= 11 is 0. The molecular formula is C66H124O6. The molecule has 0 rings (SSSR count). The summed E-state index contributed by atoms with van der Waals surface area (Å²) in [6.07, 6.45) is 73.3. The molecule has 0 saturated carbocycles. The molecule has 0 radical (unpaired) electrons. The average Bonchev–Trinajstić information content (AvgIpc) is 3.38. The van der Waals surface area contributed by atoms with E-state index in [-0.39, 0.29) is 31.1 Å². The molecule has 424 valence electrons.